The fraction of sp³-hybridized carbons (Fsp3) is 0.500. The average molecular weight is 258 g/mol. The molecule has 1 aliphatic heterocycles. The van der Waals surface area contributed by atoms with Crippen LogP contribution >= 0.6 is 0 Å². The number of sulfone groups is 1. The van der Waals surface area contributed by atoms with Crippen molar-refractivity contribution < 1.29 is 17.6 Å². The van der Waals surface area contributed by atoms with Crippen LogP contribution in [-0.2, 0) is 16.4 Å². The normalized spacial score (nSPS) is 22.2. The molecule has 1 saturated heterocycles. The maximum atomic E-state index is 11.5. The molecule has 6 nitrogen and oxygen atoms in total. The van der Waals surface area contributed by atoms with Gasteiger partial charge in [-0.25, -0.2) is 13.2 Å². The van der Waals surface area contributed by atoms with Crippen LogP contribution in [0.3, 0.4) is 0 Å². The molecule has 1 atom stereocenters. The maximum Gasteiger partial charge on any atom is 0.315 e. The van der Waals surface area contributed by atoms with Crippen LogP contribution in [0, 0.1) is 0 Å². The third-order valence-electron chi connectivity index (χ3n) is 2.60. The summed E-state index contributed by atoms with van der Waals surface area (Å²) in [6, 6.07) is 1.12. The van der Waals surface area contributed by atoms with Gasteiger partial charge < -0.3 is 15.1 Å². The number of urea groups is 1. The van der Waals surface area contributed by atoms with Crippen molar-refractivity contribution in [3.8, 4) is 0 Å². The van der Waals surface area contributed by atoms with Crippen LogP contribution in [-0.4, -0.2) is 32.0 Å². The van der Waals surface area contributed by atoms with Crippen molar-refractivity contribution in [2.45, 2.75) is 19.0 Å². The van der Waals surface area contributed by atoms with Crippen LogP contribution in [0.15, 0.2) is 23.0 Å². The molecule has 0 bridgehead atoms. The molecule has 2 amide bonds. The van der Waals surface area contributed by atoms with Crippen LogP contribution in [0.25, 0.3) is 0 Å². The molecule has 0 aliphatic carbocycles. The van der Waals surface area contributed by atoms with E-state index in [2.05, 4.69) is 10.6 Å². The molecule has 2 heterocycles. The number of hydrogen-bond acceptors (Lipinski definition) is 4. The molecule has 1 aliphatic rings. The second-order valence-corrected chi connectivity index (χ2v) is 6.29. The van der Waals surface area contributed by atoms with Gasteiger partial charge in [0.15, 0.2) is 9.84 Å². The Morgan fingerprint density at radius 1 is 1.53 bits per heavy atom. The predicted molar refractivity (Wildman–Crippen MR) is 61.1 cm³/mol. The number of carbonyl (C=O) groups is 1. The summed E-state index contributed by atoms with van der Waals surface area (Å²) in [6.45, 7) is 0.363. The third kappa shape index (κ3) is 3.48. The lowest BCUT2D eigenvalue weighted by molar-refractivity contribution is 0.237. The Kier molecular flexibility index (Phi) is 3.37. The molecule has 7 heteroatoms. The Morgan fingerprint density at radius 3 is 2.94 bits per heavy atom. The topological polar surface area (TPSA) is 88.4 Å². The predicted octanol–water partition coefficient (Wildman–Crippen LogP) is 0.266. The minimum atomic E-state index is -2.96. The zero-order valence-electron chi connectivity index (χ0n) is 9.18. The van der Waals surface area contributed by atoms with Crippen molar-refractivity contribution in [3.63, 3.8) is 0 Å². The first-order valence-electron chi connectivity index (χ1n) is 5.31. The van der Waals surface area contributed by atoms with Gasteiger partial charge in [-0.3, -0.25) is 0 Å². The van der Waals surface area contributed by atoms with Crippen molar-refractivity contribution in [1.29, 1.82) is 0 Å². The highest BCUT2D eigenvalue weighted by Crippen LogP contribution is 2.10. The molecule has 1 unspecified atom stereocenters. The molecule has 94 valence electrons. The lowest BCUT2D eigenvalue weighted by Crippen LogP contribution is -2.42. The lowest BCUT2D eigenvalue weighted by Gasteiger charge is -2.11. The summed E-state index contributed by atoms with van der Waals surface area (Å²) in [5.41, 5.74) is 0.860. The van der Waals surface area contributed by atoms with E-state index in [0.717, 1.165) is 5.56 Å². The van der Waals surface area contributed by atoms with Crippen LogP contribution in [0.4, 0.5) is 4.79 Å². The second-order valence-electron chi connectivity index (χ2n) is 4.06. The molecular weight excluding hydrogens is 244 g/mol. The second kappa shape index (κ2) is 4.79. The highest BCUT2D eigenvalue weighted by molar-refractivity contribution is 7.91. The van der Waals surface area contributed by atoms with E-state index in [1.807, 2.05) is 0 Å². The van der Waals surface area contributed by atoms with E-state index in [-0.39, 0.29) is 23.6 Å². The largest absolute Gasteiger partial charge is 0.472 e. The van der Waals surface area contributed by atoms with Crippen molar-refractivity contribution in [1.82, 2.24) is 10.6 Å². The summed E-state index contributed by atoms with van der Waals surface area (Å²) in [5.74, 6) is 0.186. The van der Waals surface area contributed by atoms with E-state index >= 15 is 0 Å². The zero-order valence-corrected chi connectivity index (χ0v) is 10.00. The van der Waals surface area contributed by atoms with Crippen molar-refractivity contribution in [2.24, 2.45) is 0 Å². The SMILES string of the molecule is O=C(NCc1ccoc1)NC1CCS(=O)(=O)C1. The summed E-state index contributed by atoms with van der Waals surface area (Å²) in [6.07, 6.45) is 3.56. The Balaban J connectivity index is 1.75. The fourth-order valence-corrected chi connectivity index (χ4v) is 3.39. The Hall–Kier alpha value is -1.50. The highest BCUT2D eigenvalue weighted by Gasteiger charge is 2.28. The minimum absolute atomic E-state index is 0.0339. The molecule has 2 N–H and O–H groups in total. The fourth-order valence-electron chi connectivity index (χ4n) is 1.72. The first-order chi connectivity index (χ1) is 8.05. The summed E-state index contributed by atoms with van der Waals surface area (Å²) in [4.78, 5) is 11.5. The van der Waals surface area contributed by atoms with Gasteiger partial charge >= 0.3 is 6.03 Å². The first-order valence-corrected chi connectivity index (χ1v) is 7.13. The number of rotatable bonds is 3. The summed E-state index contributed by atoms with van der Waals surface area (Å²) in [5, 5.41) is 5.27. The molecule has 0 saturated carbocycles. The maximum absolute atomic E-state index is 11.5. The average Bonchev–Trinajstić information content (AvgIpc) is 2.85. The van der Waals surface area contributed by atoms with E-state index < -0.39 is 9.84 Å². The number of hydrogen-bond donors (Lipinski definition) is 2. The Bertz CT molecular complexity index is 480. The van der Waals surface area contributed by atoms with E-state index in [9.17, 15) is 13.2 Å². The van der Waals surface area contributed by atoms with Gasteiger partial charge in [-0.15, -0.1) is 0 Å². The standard InChI is InChI=1S/C10H14N2O4S/c13-10(11-5-8-1-3-16-6-8)12-9-2-4-17(14,15)7-9/h1,3,6,9H,2,4-5,7H2,(H2,11,12,13). The molecule has 17 heavy (non-hydrogen) atoms. The Morgan fingerprint density at radius 2 is 2.35 bits per heavy atom. The smallest absolute Gasteiger partial charge is 0.315 e. The number of amides is 2. The third-order valence-corrected chi connectivity index (χ3v) is 4.37. The van der Waals surface area contributed by atoms with Gasteiger partial charge in [0.05, 0.1) is 24.0 Å². The van der Waals surface area contributed by atoms with Gasteiger partial charge in [-0.1, -0.05) is 0 Å². The molecule has 1 fully saturated rings. The molecule has 0 radical (unpaired) electrons. The van der Waals surface area contributed by atoms with Crippen LogP contribution in [0.2, 0.25) is 0 Å². The quantitative estimate of drug-likeness (QED) is 0.814. The van der Waals surface area contributed by atoms with Crippen LogP contribution < -0.4 is 10.6 Å². The number of nitrogens with one attached hydrogen (secondary N) is 2. The minimum Gasteiger partial charge on any atom is -0.472 e. The summed E-state index contributed by atoms with van der Waals surface area (Å²) < 4.78 is 27.2. The number of furan rings is 1. The van der Waals surface area contributed by atoms with E-state index in [4.69, 9.17) is 4.42 Å². The molecule has 2 rings (SSSR count). The molecular formula is C10H14N2O4S. The summed E-state index contributed by atoms with van der Waals surface area (Å²) in [7, 11) is -2.96. The first kappa shape index (κ1) is 12.0. The molecule has 0 aromatic carbocycles. The van der Waals surface area contributed by atoms with Gasteiger partial charge in [-0.2, -0.15) is 0 Å². The lowest BCUT2D eigenvalue weighted by atomic mass is 10.3. The van der Waals surface area contributed by atoms with Crippen molar-refractivity contribution in [2.75, 3.05) is 11.5 Å². The highest BCUT2D eigenvalue weighted by atomic mass is 32.2. The van der Waals surface area contributed by atoms with Gasteiger partial charge in [0.25, 0.3) is 0 Å². The number of carbonyl (C=O) groups excluding carboxylic acids is 1. The zero-order chi connectivity index (χ0) is 12.3. The van der Waals surface area contributed by atoms with Crippen LogP contribution in [0.5, 0.6) is 0 Å². The molecule has 1 aromatic heterocycles. The van der Waals surface area contributed by atoms with Gasteiger partial charge in [0, 0.05) is 18.2 Å². The van der Waals surface area contributed by atoms with E-state index in [0.29, 0.717) is 13.0 Å². The molecule has 1 aromatic rings. The van der Waals surface area contributed by atoms with E-state index in [1.54, 1.807) is 12.3 Å². The monoisotopic (exact) mass is 258 g/mol. The summed E-state index contributed by atoms with van der Waals surface area (Å²) >= 11 is 0. The van der Waals surface area contributed by atoms with Gasteiger partial charge in [0.1, 0.15) is 0 Å². The van der Waals surface area contributed by atoms with E-state index in [1.165, 1.54) is 6.26 Å². The van der Waals surface area contributed by atoms with Crippen molar-refractivity contribution in [3.05, 3.63) is 24.2 Å². The molecule has 0 spiro atoms. The van der Waals surface area contributed by atoms with Gasteiger partial charge in [-0.05, 0) is 12.5 Å². The Labute approximate surface area is 99.3 Å². The van der Waals surface area contributed by atoms with Crippen molar-refractivity contribution >= 4 is 15.9 Å². The van der Waals surface area contributed by atoms with Crippen LogP contribution in [0.1, 0.15) is 12.0 Å². The van der Waals surface area contributed by atoms with Gasteiger partial charge in [0.2, 0.25) is 0 Å².